The van der Waals surface area contributed by atoms with E-state index in [1.54, 1.807) is 36.4 Å². The molecule has 1 N–H and O–H groups in total. The van der Waals surface area contributed by atoms with E-state index in [2.05, 4.69) is 10.3 Å². The van der Waals surface area contributed by atoms with E-state index in [1.165, 1.54) is 11.3 Å². The first kappa shape index (κ1) is 17.8. The van der Waals surface area contributed by atoms with Crippen molar-refractivity contribution in [2.75, 3.05) is 23.3 Å². The number of imide groups is 1. The summed E-state index contributed by atoms with van der Waals surface area (Å²) in [6, 6.07) is 12.1. The van der Waals surface area contributed by atoms with E-state index < -0.39 is 0 Å². The maximum Gasteiger partial charge on any atom is 0.321 e. The number of urea groups is 1. The van der Waals surface area contributed by atoms with Crippen LogP contribution >= 0.6 is 11.3 Å². The molecule has 0 radical (unpaired) electrons. The van der Waals surface area contributed by atoms with Gasteiger partial charge in [0.2, 0.25) is 5.13 Å². The van der Waals surface area contributed by atoms with Crippen LogP contribution in [0, 0.1) is 0 Å². The van der Waals surface area contributed by atoms with Gasteiger partial charge >= 0.3 is 6.03 Å². The summed E-state index contributed by atoms with van der Waals surface area (Å²) in [4.78, 5) is 45.2. The number of carbonyl (C=O) groups excluding carboxylic acids is 3. The molecule has 1 aromatic heterocycles. The first-order valence-corrected chi connectivity index (χ1v) is 10.4. The van der Waals surface area contributed by atoms with Crippen molar-refractivity contribution in [3.63, 3.8) is 0 Å². The molecule has 0 spiro atoms. The SMILES string of the molecule is O=C(Nc1ccc2nc(N3C(=O)c4ccccc4C3=O)sc2c1)N1CCCCC1. The van der Waals surface area contributed by atoms with E-state index >= 15 is 0 Å². The molecular weight excluding hydrogens is 388 g/mol. The minimum atomic E-state index is -0.358. The molecule has 3 aromatic rings. The van der Waals surface area contributed by atoms with Crippen molar-refractivity contribution in [2.24, 2.45) is 0 Å². The van der Waals surface area contributed by atoms with Crippen LogP contribution in [0.25, 0.3) is 10.2 Å². The van der Waals surface area contributed by atoms with Crippen LogP contribution in [0.5, 0.6) is 0 Å². The van der Waals surface area contributed by atoms with Crippen molar-refractivity contribution in [3.8, 4) is 0 Å². The number of carbonyl (C=O) groups is 3. The molecule has 1 saturated heterocycles. The molecular formula is C21H18N4O3S. The number of likely N-dealkylation sites (tertiary alicyclic amines) is 1. The van der Waals surface area contributed by atoms with Gasteiger partial charge in [-0.25, -0.2) is 14.7 Å². The van der Waals surface area contributed by atoms with Crippen molar-refractivity contribution in [1.82, 2.24) is 9.88 Å². The Morgan fingerprint density at radius 1 is 0.966 bits per heavy atom. The maximum absolute atomic E-state index is 12.7. The highest BCUT2D eigenvalue weighted by Crippen LogP contribution is 2.35. The van der Waals surface area contributed by atoms with E-state index in [0.717, 1.165) is 42.0 Å². The topological polar surface area (TPSA) is 82.6 Å². The number of thiazole rings is 1. The summed E-state index contributed by atoms with van der Waals surface area (Å²) in [5.41, 5.74) is 2.14. The zero-order valence-corrected chi connectivity index (χ0v) is 16.4. The number of fused-ring (bicyclic) bond motifs is 2. The van der Waals surface area contributed by atoms with Gasteiger partial charge in [-0.05, 0) is 49.6 Å². The van der Waals surface area contributed by atoms with Gasteiger partial charge in [-0.1, -0.05) is 23.5 Å². The fraction of sp³-hybridized carbons (Fsp3) is 0.238. The molecule has 2 aliphatic rings. The number of benzene rings is 2. The lowest BCUT2D eigenvalue weighted by Gasteiger charge is -2.26. The first-order valence-electron chi connectivity index (χ1n) is 9.56. The fourth-order valence-corrected chi connectivity index (χ4v) is 4.75. The minimum Gasteiger partial charge on any atom is -0.325 e. The fourth-order valence-electron chi connectivity index (χ4n) is 3.75. The molecule has 2 aromatic carbocycles. The highest BCUT2D eigenvalue weighted by Gasteiger charge is 2.38. The van der Waals surface area contributed by atoms with Crippen molar-refractivity contribution >= 4 is 50.2 Å². The Hall–Kier alpha value is -3.26. The number of hydrogen-bond acceptors (Lipinski definition) is 5. The van der Waals surface area contributed by atoms with Gasteiger partial charge in [-0.15, -0.1) is 0 Å². The third kappa shape index (κ3) is 3.05. The number of aromatic nitrogens is 1. The summed E-state index contributed by atoms with van der Waals surface area (Å²) < 4.78 is 0.799. The van der Waals surface area contributed by atoms with Crippen LogP contribution in [0.15, 0.2) is 42.5 Å². The molecule has 146 valence electrons. The Bertz CT molecular complexity index is 1110. The zero-order chi connectivity index (χ0) is 20.0. The second-order valence-corrected chi connectivity index (χ2v) is 8.16. The Morgan fingerprint density at radius 3 is 2.34 bits per heavy atom. The number of nitrogens with one attached hydrogen (secondary N) is 1. The molecule has 5 rings (SSSR count). The molecule has 4 amide bonds. The van der Waals surface area contributed by atoms with Gasteiger partial charge < -0.3 is 10.2 Å². The van der Waals surface area contributed by atoms with Crippen LogP contribution in [0.4, 0.5) is 15.6 Å². The number of nitrogens with zero attached hydrogens (tertiary/aromatic N) is 3. The lowest BCUT2D eigenvalue weighted by atomic mass is 10.1. The summed E-state index contributed by atoms with van der Waals surface area (Å²) in [6.07, 6.45) is 3.23. The van der Waals surface area contributed by atoms with Crippen LogP contribution in [0.3, 0.4) is 0 Å². The second-order valence-electron chi connectivity index (χ2n) is 7.15. The van der Waals surface area contributed by atoms with Crippen LogP contribution in [0.1, 0.15) is 40.0 Å². The standard InChI is InChI=1S/C21H18N4O3S/c26-18-14-6-2-3-7-15(14)19(27)25(18)21-23-16-9-8-13(12-17(16)29-21)22-20(28)24-10-4-1-5-11-24/h2-3,6-9,12H,1,4-5,10-11H2,(H,22,28). The average Bonchev–Trinajstić information content (AvgIpc) is 3.27. The molecule has 8 heteroatoms. The summed E-state index contributed by atoms with van der Waals surface area (Å²) in [5, 5.41) is 3.27. The maximum atomic E-state index is 12.7. The van der Waals surface area contributed by atoms with E-state index in [1.807, 2.05) is 11.0 Å². The number of anilines is 2. The summed E-state index contributed by atoms with van der Waals surface area (Å²) >= 11 is 1.26. The average molecular weight is 406 g/mol. The highest BCUT2D eigenvalue weighted by molar-refractivity contribution is 7.22. The van der Waals surface area contributed by atoms with E-state index in [0.29, 0.717) is 27.5 Å². The first-order chi connectivity index (χ1) is 14.1. The van der Waals surface area contributed by atoms with Crippen molar-refractivity contribution in [2.45, 2.75) is 19.3 Å². The molecule has 3 heterocycles. The Kier molecular flexibility index (Phi) is 4.28. The molecule has 0 saturated carbocycles. The smallest absolute Gasteiger partial charge is 0.321 e. The Labute approximate surface area is 170 Å². The number of rotatable bonds is 2. The third-order valence-corrected chi connectivity index (χ3v) is 6.26. The van der Waals surface area contributed by atoms with E-state index in [9.17, 15) is 14.4 Å². The van der Waals surface area contributed by atoms with Crippen LogP contribution in [-0.2, 0) is 0 Å². The number of hydrogen-bond donors (Lipinski definition) is 1. The summed E-state index contributed by atoms with van der Waals surface area (Å²) in [6.45, 7) is 1.55. The lowest BCUT2D eigenvalue weighted by Crippen LogP contribution is -2.38. The normalized spacial score (nSPS) is 16.4. The largest absolute Gasteiger partial charge is 0.325 e. The predicted molar refractivity (Wildman–Crippen MR) is 112 cm³/mol. The lowest BCUT2D eigenvalue weighted by molar-refractivity contribution is 0.0926. The zero-order valence-electron chi connectivity index (χ0n) is 15.6. The van der Waals surface area contributed by atoms with Crippen molar-refractivity contribution < 1.29 is 14.4 Å². The van der Waals surface area contributed by atoms with Gasteiger partial charge in [-0.3, -0.25) is 9.59 Å². The summed E-state index contributed by atoms with van der Waals surface area (Å²) in [5.74, 6) is -0.716. The van der Waals surface area contributed by atoms with Gasteiger partial charge in [0.1, 0.15) is 0 Å². The van der Waals surface area contributed by atoms with Gasteiger partial charge in [0, 0.05) is 18.8 Å². The molecule has 1 fully saturated rings. The molecule has 0 unspecified atom stereocenters. The minimum absolute atomic E-state index is 0.103. The van der Waals surface area contributed by atoms with Crippen LogP contribution < -0.4 is 10.2 Å². The number of amides is 4. The molecule has 0 atom stereocenters. The molecule has 0 bridgehead atoms. The van der Waals surface area contributed by atoms with Crippen LogP contribution in [-0.4, -0.2) is 40.8 Å². The highest BCUT2D eigenvalue weighted by atomic mass is 32.1. The van der Waals surface area contributed by atoms with Gasteiger partial charge in [-0.2, -0.15) is 0 Å². The molecule has 2 aliphatic heterocycles. The van der Waals surface area contributed by atoms with Crippen molar-refractivity contribution in [1.29, 1.82) is 0 Å². The predicted octanol–water partition coefficient (Wildman–Crippen LogP) is 4.11. The quantitative estimate of drug-likeness (QED) is 0.649. The molecule has 7 nitrogen and oxygen atoms in total. The Morgan fingerprint density at radius 2 is 1.66 bits per heavy atom. The Balaban J connectivity index is 1.41. The third-order valence-electron chi connectivity index (χ3n) is 5.26. The van der Waals surface area contributed by atoms with Gasteiger partial charge in [0.05, 0.1) is 21.3 Å². The van der Waals surface area contributed by atoms with Gasteiger partial charge in [0.25, 0.3) is 11.8 Å². The second kappa shape index (κ2) is 6.97. The van der Waals surface area contributed by atoms with Crippen LogP contribution in [0.2, 0.25) is 0 Å². The monoisotopic (exact) mass is 406 g/mol. The van der Waals surface area contributed by atoms with Crippen molar-refractivity contribution in [3.05, 3.63) is 53.6 Å². The van der Waals surface area contributed by atoms with Gasteiger partial charge in [0.15, 0.2) is 0 Å². The molecule has 0 aliphatic carbocycles. The van der Waals surface area contributed by atoms with E-state index in [-0.39, 0.29) is 17.8 Å². The van der Waals surface area contributed by atoms with E-state index in [4.69, 9.17) is 0 Å². The summed E-state index contributed by atoms with van der Waals surface area (Å²) in [7, 11) is 0. The number of piperidine rings is 1. The molecule has 29 heavy (non-hydrogen) atoms.